The van der Waals surface area contributed by atoms with Gasteiger partial charge in [-0.3, -0.25) is 9.59 Å². The Labute approximate surface area is 158 Å². The van der Waals surface area contributed by atoms with E-state index in [1.165, 1.54) is 13.3 Å². The van der Waals surface area contributed by atoms with E-state index in [0.717, 1.165) is 19.3 Å². The monoisotopic (exact) mass is 380 g/mol. The highest BCUT2D eigenvalue weighted by Gasteiger charge is 2.24. The molecule has 1 aromatic rings. The SMILES string of the molecule is C[C@H](NC(=O)c1ccccc1Cl)C(=O)OCC(=O)N[C@H]1CCCC[C@@H]1C. The highest BCUT2D eigenvalue weighted by atomic mass is 35.5. The quantitative estimate of drug-likeness (QED) is 0.743. The minimum absolute atomic E-state index is 0.132. The first-order chi connectivity index (χ1) is 12.4. The van der Waals surface area contributed by atoms with Gasteiger partial charge in [0.2, 0.25) is 0 Å². The molecule has 0 unspecified atom stereocenters. The van der Waals surface area contributed by atoms with Gasteiger partial charge in [0.15, 0.2) is 6.61 Å². The zero-order valence-corrected chi connectivity index (χ0v) is 15.8. The van der Waals surface area contributed by atoms with Crippen LogP contribution in [0.1, 0.15) is 49.9 Å². The maximum atomic E-state index is 12.1. The lowest BCUT2D eigenvalue weighted by molar-refractivity contribution is -0.150. The fourth-order valence-electron chi connectivity index (χ4n) is 3.02. The van der Waals surface area contributed by atoms with E-state index in [2.05, 4.69) is 17.6 Å². The maximum absolute atomic E-state index is 12.1. The van der Waals surface area contributed by atoms with E-state index in [1.807, 2.05) is 0 Å². The van der Waals surface area contributed by atoms with Gasteiger partial charge in [-0.25, -0.2) is 4.79 Å². The predicted octanol–water partition coefficient (Wildman–Crippen LogP) is 2.70. The maximum Gasteiger partial charge on any atom is 0.328 e. The van der Waals surface area contributed by atoms with E-state index in [1.54, 1.807) is 24.3 Å². The van der Waals surface area contributed by atoms with Gasteiger partial charge in [0.05, 0.1) is 10.6 Å². The van der Waals surface area contributed by atoms with Crippen LogP contribution in [-0.2, 0) is 14.3 Å². The number of amides is 2. The number of nitrogens with one attached hydrogen (secondary N) is 2. The van der Waals surface area contributed by atoms with Crippen molar-refractivity contribution < 1.29 is 19.1 Å². The number of ether oxygens (including phenoxy) is 1. The van der Waals surface area contributed by atoms with Crippen LogP contribution < -0.4 is 10.6 Å². The first kappa shape index (κ1) is 20.2. The van der Waals surface area contributed by atoms with Crippen molar-refractivity contribution in [3.05, 3.63) is 34.9 Å². The summed E-state index contributed by atoms with van der Waals surface area (Å²) in [6.07, 6.45) is 4.33. The Kier molecular flexibility index (Phi) is 7.45. The normalized spacial score (nSPS) is 20.7. The lowest BCUT2D eigenvalue weighted by Gasteiger charge is -2.29. The molecule has 0 aliphatic heterocycles. The van der Waals surface area contributed by atoms with Crippen LogP contribution in [0.25, 0.3) is 0 Å². The van der Waals surface area contributed by atoms with Crippen LogP contribution in [0.3, 0.4) is 0 Å². The second-order valence-corrected chi connectivity index (χ2v) is 7.13. The highest BCUT2D eigenvalue weighted by Crippen LogP contribution is 2.23. The Hall–Kier alpha value is -2.08. The third-order valence-corrected chi connectivity index (χ3v) is 4.95. The molecule has 1 saturated carbocycles. The van der Waals surface area contributed by atoms with Crippen molar-refractivity contribution >= 4 is 29.4 Å². The second-order valence-electron chi connectivity index (χ2n) is 6.72. The van der Waals surface area contributed by atoms with E-state index >= 15 is 0 Å². The molecule has 2 amide bonds. The second kappa shape index (κ2) is 9.57. The number of esters is 1. The Bertz CT molecular complexity index is 665. The third kappa shape index (κ3) is 5.73. The van der Waals surface area contributed by atoms with Gasteiger partial charge in [-0.2, -0.15) is 0 Å². The van der Waals surface area contributed by atoms with Crippen molar-refractivity contribution in [2.24, 2.45) is 5.92 Å². The van der Waals surface area contributed by atoms with Crippen LogP contribution >= 0.6 is 11.6 Å². The van der Waals surface area contributed by atoms with Crippen LogP contribution in [-0.4, -0.2) is 36.5 Å². The molecule has 2 N–H and O–H groups in total. The first-order valence-electron chi connectivity index (χ1n) is 8.90. The van der Waals surface area contributed by atoms with Gasteiger partial charge in [-0.1, -0.05) is 43.5 Å². The summed E-state index contributed by atoms with van der Waals surface area (Å²) >= 11 is 5.96. The fraction of sp³-hybridized carbons (Fsp3) is 0.526. The number of hydrogen-bond acceptors (Lipinski definition) is 4. The summed E-state index contributed by atoms with van der Waals surface area (Å²) in [6.45, 7) is 3.26. The smallest absolute Gasteiger partial charge is 0.328 e. The molecule has 0 radical (unpaired) electrons. The van der Waals surface area contributed by atoms with Gasteiger partial charge < -0.3 is 15.4 Å². The lowest BCUT2D eigenvalue weighted by atomic mass is 9.86. The van der Waals surface area contributed by atoms with Crippen LogP contribution in [0.4, 0.5) is 0 Å². The molecule has 26 heavy (non-hydrogen) atoms. The molecule has 0 saturated heterocycles. The molecule has 0 heterocycles. The predicted molar refractivity (Wildman–Crippen MR) is 98.9 cm³/mol. The number of hydrogen-bond donors (Lipinski definition) is 2. The first-order valence-corrected chi connectivity index (χ1v) is 9.27. The minimum Gasteiger partial charge on any atom is -0.454 e. The van der Waals surface area contributed by atoms with E-state index in [4.69, 9.17) is 16.3 Å². The molecule has 0 spiro atoms. The van der Waals surface area contributed by atoms with Crippen LogP contribution in [0.5, 0.6) is 0 Å². The molecule has 3 atom stereocenters. The van der Waals surface area contributed by atoms with Gasteiger partial charge in [0, 0.05) is 6.04 Å². The van der Waals surface area contributed by atoms with Gasteiger partial charge >= 0.3 is 5.97 Å². The number of benzene rings is 1. The van der Waals surface area contributed by atoms with Crippen LogP contribution in [0, 0.1) is 5.92 Å². The molecule has 0 aromatic heterocycles. The summed E-state index contributed by atoms with van der Waals surface area (Å²) in [6, 6.07) is 5.79. The number of carbonyl (C=O) groups is 3. The van der Waals surface area contributed by atoms with E-state index in [9.17, 15) is 14.4 Å². The van der Waals surface area contributed by atoms with Gasteiger partial charge in [-0.15, -0.1) is 0 Å². The molecule has 142 valence electrons. The van der Waals surface area contributed by atoms with Crippen LogP contribution in [0.2, 0.25) is 5.02 Å². The van der Waals surface area contributed by atoms with Crippen molar-refractivity contribution in [2.75, 3.05) is 6.61 Å². The lowest BCUT2D eigenvalue weighted by Crippen LogP contribution is -2.44. The highest BCUT2D eigenvalue weighted by molar-refractivity contribution is 6.33. The summed E-state index contributed by atoms with van der Waals surface area (Å²) in [5, 5.41) is 5.73. The van der Waals surface area contributed by atoms with E-state index < -0.39 is 17.9 Å². The number of carbonyl (C=O) groups excluding carboxylic acids is 3. The van der Waals surface area contributed by atoms with Gasteiger partial charge in [0.25, 0.3) is 11.8 Å². The Balaban J connectivity index is 1.77. The van der Waals surface area contributed by atoms with E-state index in [0.29, 0.717) is 10.9 Å². The standard InChI is InChI=1S/C19H25ClN2O4/c1-12-7-3-6-10-16(12)22-17(23)11-26-19(25)13(2)21-18(24)14-8-4-5-9-15(14)20/h4-5,8-9,12-13,16H,3,6-7,10-11H2,1-2H3,(H,21,24)(H,22,23)/t12-,13-,16-/m0/s1. The average Bonchev–Trinajstić information content (AvgIpc) is 2.61. The van der Waals surface area contributed by atoms with Crippen molar-refractivity contribution in [1.82, 2.24) is 10.6 Å². The molecule has 1 aromatic carbocycles. The van der Waals surface area contributed by atoms with Gasteiger partial charge in [0.1, 0.15) is 6.04 Å². The Morgan fingerprint density at radius 3 is 2.62 bits per heavy atom. The molecule has 2 rings (SSSR count). The molecule has 1 aliphatic carbocycles. The van der Waals surface area contributed by atoms with Crippen molar-refractivity contribution in [3.63, 3.8) is 0 Å². The zero-order chi connectivity index (χ0) is 19.1. The Morgan fingerprint density at radius 1 is 1.23 bits per heavy atom. The summed E-state index contributed by atoms with van der Waals surface area (Å²) in [5.74, 6) is -1.03. The minimum atomic E-state index is -0.889. The van der Waals surface area contributed by atoms with Gasteiger partial charge in [-0.05, 0) is 37.8 Å². The fourth-order valence-corrected chi connectivity index (χ4v) is 3.24. The Morgan fingerprint density at radius 2 is 1.92 bits per heavy atom. The van der Waals surface area contributed by atoms with Crippen molar-refractivity contribution in [2.45, 2.75) is 51.6 Å². The molecule has 0 bridgehead atoms. The number of rotatable bonds is 6. The molecule has 1 fully saturated rings. The third-order valence-electron chi connectivity index (χ3n) is 4.62. The van der Waals surface area contributed by atoms with E-state index in [-0.39, 0.29) is 24.1 Å². The molecular weight excluding hydrogens is 356 g/mol. The molecular formula is C19H25ClN2O4. The summed E-state index contributed by atoms with van der Waals surface area (Å²) in [7, 11) is 0. The number of halogens is 1. The topological polar surface area (TPSA) is 84.5 Å². The summed E-state index contributed by atoms with van der Waals surface area (Å²) in [4.78, 5) is 36.1. The molecule has 7 heteroatoms. The summed E-state index contributed by atoms with van der Waals surface area (Å²) < 4.78 is 5.01. The molecule has 1 aliphatic rings. The van der Waals surface area contributed by atoms with Crippen molar-refractivity contribution in [1.29, 1.82) is 0 Å². The van der Waals surface area contributed by atoms with Crippen molar-refractivity contribution in [3.8, 4) is 0 Å². The summed E-state index contributed by atoms with van der Waals surface area (Å²) in [5.41, 5.74) is 0.276. The zero-order valence-electron chi connectivity index (χ0n) is 15.1. The largest absolute Gasteiger partial charge is 0.454 e. The average molecular weight is 381 g/mol. The molecule has 6 nitrogen and oxygen atoms in total. The van der Waals surface area contributed by atoms with Crippen LogP contribution in [0.15, 0.2) is 24.3 Å².